The van der Waals surface area contributed by atoms with Crippen LogP contribution in [0, 0.1) is 5.92 Å². The molecule has 0 spiro atoms. The number of Topliss-reactive ketones (excluding diaryl/α,β-unsaturated/α-hetero) is 1. The summed E-state index contributed by atoms with van der Waals surface area (Å²) in [7, 11) is 1.53. The lowest BCUT2D eigenvalue weighted by Gasteiger charge is -2.22. The van der Waals surface area contributed by atoms with E-state index in [1.54, 1.807) is 12.1 Å². The van der Waals surface area contributed by atoms with Crippen LogP contribution in [0.2, 0.25) is 0 Å². The van der Waals surface area contributed by atoms with Crippen molar-refractivity contribution in [2.45, 2.75) is 25.7 Å². The Morgan fingerprint density at radius 1 is 1.39 bits per heavy atom. The molecule has 1 aliphatic heterocycles. The quantitative estimate of drug-likeness (QED) is 0.711. The van der Waals surface area contributed by atoms with E-state index in [0.29, 0.717) is 23.8 Å². The maximum absolute atomic E-state index is 12.3. The average molecular weight is 383 g/mol. The summed E-state index contributed by atoms with van der Waals surface area (Å²) in [5.41, 5.74) is 0.506. The van der Waals surface area contributed by atoms with E-state index in [0.717, 1.165) is 30.4 Å². The van der Waals surface area contributed by atoms with Gasteiger partial charge in [0.2, 0.25) is 5.91 Å². The number of piperidine rings is 1. The molecule has 1 amide bonds. The molecule has 1 aromatic rings. The zero-order valence-corrected chi connectivity index (χ0v) is 14.9. The number of halogens is 1. The Kier molecular flexibility index (Phi) is 7.05. The minimum absolute atomic E-state index is 0.0714. The van der Waals surface area contributed by atoms with Gasteiger partial charge in [0.15, 0.2) is 5.78 Å². The molecule has 2 N–H and O–H groups in total. The maximum atomic E-state index is 12.3. The normalized spacial score (nSPS) is 17.6. The molecule has 1 unspecified atom stereocenters. The predicted octanol–water partition coefficient (Wildman–Crippen LogP) is 2.54. The summed E-state index contributed by atoms with van der Waals surface area (Å²) < 4.78 is 6.02. The highest BCUT2D eigenvalue weighted by molar-refractivity contribution is 9.10. The van der Waals surface area contributed by atoms with E-state index in [-0.39, 0.29) is 24.5 Å². The number of hydrogen-bond donors (Lipinski definition) is 2. The molecule has 0 radical (unpaired) electrons. The first-order valence-electron chi connectivity index (χ1n) is 7.94. The molecule has 5 nitrogen and oxygen atoms in total. The van der Waals surface area contributed by atoms with Crippen molar-refractivity contribution in [1.82, 2.24) is 10.6 Å². The highest BCUT2D eigenvalue weighted by atomic mass is 79.9. The molecule has 0 bridgehead atoms. The molecular weight excluding hydrogens is 360 g/mol. The van der Waals surface area contributed by atoms with E-state index in [9.17, 15) is 9.59 Å². The van der Waals surface area contributed by atoms with Crippen molar-refractivity contribution in [1.29, 1.82) is 0 Å². The largest absolute Gasteiger partial charge is 0.496 e. The molecule has 0 aromatic heterocycles. The number of carbonyl (C=O) groups is 2. The number of nitrogens with one attached hydrogen (secondary N) is 2. The summed E-state index contributed by atoms with van der Waals surface area (Å²) >= 11 is 3.35. The van der Waals surface area contributed by atoms with Gasteiger partial charge in [-0.3, -0.25) is 9.59 Å². The Morgan fingerprint density at radius 3 is 2.91 bits per heavy atom. The van der Waals surface area contributed by atoms with Gasteiger partial charge in [0.25, 0.3) is 0 Å². The Balaban J connectivity index is 1.79. The van der Waals surface area contributed by atoms with E-state index in [2.05, 4.69) is 26.6 Å². The molecule has 1 aromatic carbocycles. The first-order valence-corrected chi connectivity index (χ1v) is 8.73. The van der Waals surface area contributed by atoms with Crippen LogP contribution in [0.25, 0.3) is 0 Å². The molecule has 0 saturated carbocycles. The highest BCUT2D eigenvalue weighted by Crippen LogP contribution is 2.24. The number of methoxy groups -OCH3 is 1. The van der Waals surface area contributed by atoms with Crippen LogP contribution in [0.4, 0.5) is 0 Å². The van der Waals surface area contributed by atoms with Crippen molar-refractivity contribution in [3.8, 4) is 5.75 Å². The topological polar surface area (TPSA) is 67.4 Å². The van der Waals surface area contributed by atoms with E-state index in [4.69, 9.17) is 4.74 Å². The molecule has 0 aliphatic carbocycles. The minimum Gasteiger partial charge on any atom is -0.496 e. The van der Waals surface area contributed by atoms with Gasteiger partial charge >= 0.3 is 0 Å². The lowest BCUT2D eigenvalue weighted by molar-refractivity contribution is -0.121. The Labute approximate surface area is 145 Å². The fraction of sp³-hybridized carbons (Fsp3) is 0.529. The van der Waals surface area contributed by atoms with Crippen LogP contribution in [0.3, 0.4) is 0 Å². The maximum Gasteiger partial charge on any atom is 0.220 e. The fourth-order valence-corrected chi connectivity index (χ4v) is 3.07. The number of ketones is 1. The second-order valence-electron chi connectivity index (χ2n) is 5.78. The molecule has 1 fully saturated rings. The predicted molar refractivity (Wildman–Crippen MR) is 92.9 cm³/mol. The lowest BCUT2D eigenvalue weighted by Crippen LogP contribution is -2.38. The summed E-state index contributed by atoms with van der Waals surface area (Å²) in [5.74, 6) is 0.871. The third-order valence-electron chi connectivity index (χ3n) is 4.03. The molecular formula is C17H23BrN2O3. The molecule has 6 heteroatoms. The van der Waals surface area contributed by atoms with Crippen molar-refractivity contribution in [3.63, 3.8) is 0 Å². The van der Waals surface area contributed by atoms with E-state index >= 15 is 0 Å². The molecule has 1 atom stereocenters. The molecule has 23 heavy (non-hydrogen) atoms. The molecule has 1 saturated heterocycles. The van der Waals surface area contributed by atoms with Gasteiger partial charge in [-0.05, 0) is 50.0 Å². The SMILES string of the molecule is COc1ccc(Br)cc1C(=O)CCC(=O)NCC1CCCNC1. The summed E-state index contributed by atoms with van der Waals surface area (Å²) in [6, 6.07) is 5.29. The van der Waals surface area contributed by atoms with Gasteiger partial charge in [0.05, 0.1) is 12.7 Å². The van der Waals surface area contributed by atoms with Crippen molar-refractivity contribution in [2.75, 3.05) is 26.7 Å². The Bertz CT molecular complexity index is 557. The number of rotatable bonds is 7. The summed E-state index contributed by atoms with van der Waals surface area (Å²) in [6.07, 6.45) is 2.68. The number of hydrogen-bond acceptors (Lipinski definition) is 4. The molecule has 2 rings (SSSR count). The summed E-state index contributed by atoms with van der Waals surface area (Å²) in [6.45, 7) is 2.70. The van der Waals surface area contributed by atoms with Crippen LogP contribution >= 0.6 is 15.9 Å². The monoisotopic (exact) mass is 382 g/mol. The lowest BCUT2D eigenvalue weighted by atomic mass is 9.99. The summed E-state index contributed by atoms with van der Waals surface area (Å²) in [5, 5.41) is 6.25. The van der Waals surface area contributed by atoms with Crippen LogP contribution in [-0.2, 0) is 4.79 Å². The van der Waals surface area contributed by atoms with Gasteiger partial charge < -0.3 is 15.4 Å². The second kappa shape index (κ2) is 9.03. The van der Waals surface area contributed by atoms with E-state index < -0.39 is 0 Å². The van der Waals surface area contributed by atoms with Crippen molar-refractivity contribution < 1.29 is 14.3 Å². The van der Waals surface area contributed by atoms with Gasteiger partial charge in [-0.1, -0.05) is 15.9 Å². The first kappa shape index (κ1) is 17.9. The third kappa shape index (κ3) is 5.62. The number of carbonyl (C=O) groups excluding carboxylic acids is 2. The Hall–Kier alpha value is -1.40. The zero-order chi connectivity index (χ0) is 16.7. The number of benzene rings is 1. The van der Waals surface area contributed by atoms with Crippen LogP contribution in [0.5, 0.6) is 5.75 Å². The van der Waals surface area contributed by atoms with Gasteiger partial charge in [-0.25, -0.2) is 0 Å². The van der Waals surface area contributed by atoms with Crippen LogP contribution in [0.15, 0.2) is 22.7 Å². The second-order valence-corrected chi connectivity index (χ2v) is 6.70. The van der Waals surface area contributed by atoms with E-state index in [1.807, 2.05) is 6.07 Å². The zero-order valence-electron chi connectivity index (χ0n) is 13.4. The smallest absolute Gasteiger partial charge is 0.220 e. The molecule has 126 valence electrons. The highest BCUT2D eigenvalue weighted by Gasteiger charge is 2.16. The van der Waals surface area contributed by atoms with Gasteiger partial charge in [-0.15, -0.1) is 0 Å². The van der Waals surface area contributed by atoms with Crippen LogP contribution in [-0.4, -0.2) is 38.4 Å². The first-order chi connectivity index (χ1) is 11.1. The van der Waals surface area contributed by atoms with Crippen LogP contribution < -0.4 is 15.4 Å². The number of amides is 1. The summed E-state index contributed by atoms with van der Waals surface area (Å²) in [4.78, 5) is 24.2. The van der Waals surface area contributed by atoms with Gasteiger partial charge in [0, 0.05) is 23.9 Å². The Morgan fingerprint density at radius 2 is 2.22 bits per heavy atom. The average Bonchev–Trinajstić information content (AvgIpc) is 2.58. The van der Waals surface area contributed by atoms with E-state index in [1.165, 1.54) is 7.11 Å². The number of ether oxygens (including phenoxy) is 1. The van der Waals surface area contributed by atoms with Crippen molar-refractivity contribution in [3.05, 3.63) is 28.2 Å². The van der Waals surface area contributed by atoms with Crippen molar-refractivity contribution >= 4 is 27.6 Å². The standard InChI is InChI=1S/C17H23BrN2O3/c1-23-16-6-4-13(18)9-14(16)15(21)5-7-17(22)20-11-12-3-2-8-19-10-12/h4,6,9,12,19H,2-3,5,7-8,10-11H2,1H3,(H,20,22). The third-order valence-corrected chi connectivity index (χ3v) is 4.52. The van der Waals surface area contributed by atoms with Crippen molar-refractivity contribution in [2.24, 2.45) is 5.92 Å². The van der Waals surface area contributed by atoms with Gasteiger partial charge in [-0.2, -0.15) is 0 Å². The van der Waals surface area contributed by atoms with Crippen LogP contribution in [0.1, 0.15) is 36.0 Å². The fourth-order valence-electron chi connectivity index (χ4n) is 2.70. The molecule has 1 heterocycles. The minimum atomic E-state index is -0.0855. The van der Waals surface area contributed by atoms with Gasteiger partial charge in [0.1, 0.15) is 5.75 Å². The molecule has 1 aliphatic rings.